The topological polar surface area (TPSA) is 52.6 Å². The molecule has 4 rings (SSSR count). The van der Waals surface area contributed by atoms with Gasteiger partial charge in [0.05, 0.1) is 16.8 Å². The van der Waals surface area contributed by atoms with E-state index < -0.39 is 0 Å². The average molecular weight is 367 g/mol. The number of thiophene rings is 1. The van der Waals surface area contributed by atoms with Crippen LogP contribution in [0.15, 0.2) is 42.6 Å². The number of carbonyl (C=O) groups is 1. The van der Waals surface area contributed by atoms with Crippen molar-refractivity contribution in [2.45, 2.75) is 0 Å². The third-order valence-corrected chi connectivity index (χ3v) is 5.77. The van der Waals surface area contributed by atoms with Gasteiger partial charge in [-0.25, -0.2) is 0 Å². The fraction of sp³-hybridized carbons (Fsp3) is 0.316. The van der Waals surface area contributed by atoms with Crippen molar-refractivity contribution in [1.82, 2.24) is 15.1 Å². The minimum absolute atomic E-state index is 0.124. The first-order valence-electron chi connectivity index (χ1n) is 8.65. The Hall–Kier alpha value is -2.67. The summed E-state index contributed by atoms with van der Waals surface area (Å²) in [5.41, 5.74) is 1.03. The van der Waals surface area contributed by atoms with E-state index in [2.05, 4.69) is 27.2 Å². The van der Waals surface area contributed by atoms with Gasteiger partial charge in [0.25, 0.3) is 5.91 Å². The third-order valence-electron chi connectivity index (χ3n) is 4.67. The summed E-state index contributed by atoms with van der Waals surface area (Å²) in [4.78, 5) is 19.8. The summed E-state index contributed by atoms with van der Waals surface area (Å²) in [5, 5.41) is 9.48. The van der Waals surface area contributed by atoms with Crippen LogP contribution in [0.25, 0.3) is 10.1 Å². The minimum Gasteiger partial charge on any atom is -0.376 e. The SMILES string of the molecule is CN(C)c1cnnc(N2CCN(C(=O)c3cc4ccccc4s3)CC2)c1. The normalized spacial score (nSPS) is 14.7. The van der Waals surface area contributed by atoms with Gasteiger partial charge in [0.15, 0.2) is 5.82 Å². The highest BCUT2D eigenvalue weighted by atomic mass is 32.1. The Balaban J connectivity index is 1.44. The first kappa shape index (κ1) is 16.8. The fourth-order valence-corrected chi connectivity index (χ4v) is 4.16. The molecule has 3 aromatic rings. The molecule has 7 heteroatoms. The Labute approximate surface area is 156 Å². The van der Waals surface area contributed by atoms with E-state index >= 15 is 0 Å². The predicted molar refractivity (Wildman–Crippen MR) is 106 cm³/mol. The molecule has 26 heavy (non-hydrogen) atoms. The quantitative estimate of drug-likeness (QED) is 0.712. The molecule has 0 radical (unpaired) electrons. The van der Waals surface area contributed by atoms with Crippen molar-refractivity contribution in [3.63, 3.8) is 0 Å². The minimum atomic E-state index is 0.124. The van der Waals surface area contributed by atoms with Crippen molar-refractivity contribution < 1.29 is 4.79 Å². The Kier molecular flexibility index (Phi) is 4.46. The molecule has 3 heterocycles. The molecule has 0 saturated carbocycles. The van der Waals surface area contributed by atoms with Gasteiger partial charge in [-0.2, -0.15) is 5.10 Å². The summed E-state index contributed by atoms with van der Waals surface area (Å²) in [6.45, 7) is 2.92. The van der Waals surface area contributed by atoms with Crippen LogP contribution in [-0.4, -0.2) is 61.3 Å². The number of amides is 1. The van der Waals surface area contributed by atoms with Gasteiger partial charge < -0.3 is 14.7 Å². The van der Waals surface area contributed by atoms with Crippen molar-refractivity contribution >= 4 is 38.8 Å². The summed E-state index contributed by atoms with van der Waals surface area (Å²) >= 11 is 1.57. The Morgan fingerprint density at radius 1 is 1.12 bits per heavy atom. The molecule has 6 nitrogen and oxygen atoms in total. The van der Waals surface area contributed by atoms with E-state index in [9.17, 15) is 4.79 Å². The molecule has 0 aliphatic carbocycles. The smallest absolute Gasteiger partial charge is 0.264 e. The number of hydrogen-bond donors (Lipinski definition) is 0. The second-order valence-corrected chi connectivity index (χ2v) is 7.68. The van der Waals surface area contributed by atoms with Gasteiger partial charge in [-0.15, -0.1) is 16.4 Å². The van der Waals surface area contributed by atoms with Gasteiger partial charge in [0, 0.05) is 51.0 Å². The van der Waals surface area contributed by atoms with Crippen molar-refractivity contribution in [2.24, 2.45) is 0 Å². The summed E-state index contributed by atoms with van der Waals surface area (Å²) < 4.78 is 1.16. The van der Waals surface area contributed by atoms with Gasteiger partial charge in [0.2, 0.25) is 0 Å². The van der Waals surface area contributed by atoms with E-state index in [1.165, 1.54) is 0 Å². The molecule has 0 atom stereocenters. The highest BCUT2D eigenvalue weighted by Crippen LogP contribution is 2.27. The first-order valence-corrected chi connectivity index (χ1v) is 9.46. The molecule has 1 amide bonds. The average Bonchev–Trinajstić information content (AvgIpc) is 3.12. The van der Waals surface area contributed by atoms with Crippen molar-refractivity contribution in [3.8, 4) is 0 Å². The summed E-state index contributed by atoms with van der Waals surface area (Å²) in [6.07, 6.45) is 1.75. The zero-order valence-corrected chi connectivity index (χ0v) is 15.7. The van der Waals surface area contributed by atoms with Crippen molar-refractivity contribution in [3.05, 3.63) is 47.5 Å². The summed E-state index contributed by atoms with van der Waals surface area (Å²) in [7, 11) is 3.98. The van der Waals surface area contributed by atoms with Gasteiger partial charge in [-0.05, 0) is 17.5 Å². The second kappa shape index (κ2) is 6.92. The van der Waals surface area contributed by atoms with E-state index in [1.807, 2.05) is 48.2 Å². The monoisotopic (exact) mass is 367 g/mol. The molecule has 2 aromatic heterocycles. The van der Waals surface area contributed by atoms with Crippen LogP contribution in [0.1, 0.15) is 9.67 Å². The van der Waals surface area contributed by atoms with E-state index in [0.717, 1.165) is 39.6 Å². The lowest BCUT2D eigenvalue weighted by Crippen LogP contribution is -2.49. The first-order chi connectivity index (χ1) is 12.6. The van der Waals surface area contributed by atoms with Crippen LogP contribution in [-0.2, 0) is 0 Å². The number of hydrogen-bond acceptors (Lipinski definition) is 6. The molecule has 134 valence electrons. The molecule has 0 spiro atoms. The maximum absolute atomic E-state index is 12.8. The maximum Gasteiger partial charge on any atom is 0.264 e. The fourth-order valence-electron chi connectivity index (χ4n) is 3.13. The number of anilines is 2. The van der Waals surface area contributed by atoms with Gasteiger partial charge in [-0.1, -0.05) is 18.2 Å². The van der Waals surface area contributed by atoms with Crippen LogP contribution in [0, 0.1) is 0 Å². The molecule has 1 fully saturated rings. The molecule has 0 unspecified atom stereocenters. The van der Waals surface area contributed by atoms with Crippen LogP contribution < -0.4 is 9.80 Å². The number of rotatable bonds is 3. The number of piperazine rings is 1. The molecular weight excluding hydrogens is 346 g/mol. The van der Waals surface area contributed by atoms with E-state index in [0.29, 0.717) is 13.1 Å². The molecule has 1 aliphatic rings. The predicted octanol–water partition coefficient (Wildman–Crippen LogP) is 2.72. The van der Waals surface area contributed by atoms with Crippen LogP contribution in [0.4, 0.5) is 11.5 Å². The van der Waals surface area contributed by atoms with Crippen LogP contribution in [0.5, 0.6) is 0 Å². The second-order valence-electron chi connectivity index (χ2n) is 6.59. The van der Waals surface area contributed by atoms with Crippen LogP contribution in [0.3, 0.4) is 0 Å². The number of nitrogens with zero attached hydrogens (tertiary/aromatic N) is 5. The lowest BCUT2D eigenvalue weighted by molar-refractivity contribution is 0.0751. The summed E-state index contributed by atoms with van der Waals surface area (Å²) in [5.74, 6) is 0.990. The van der Waals surface area contributed by atoms with Gasteiger partial charge in [0.1, 0.15) is 0 Å². The summed E-state index contributed by atoms with van der Waals surface area (Å²) in [6, 6.07) is 12.2. The lowest BCUT2D eigenvalue weighted by atomic mass is 10.2. The Bertz CT molecular complexity index is 897. The largest absolute Gasteiger partial charge is 0.376 e. The molecule has 1 aliphatic heterocycles. The number of fused-ring (bicyclic) bond motifs is 1. The van der Waals surface area contributed by atoms with Crippen molar-refractivity contribution in [2.75, 3.05) is 50.1 Å². The van der Waals surface area contributed by atoms with E-state index in [4.69, 9.17) is 0 Å². The van der Waals surface area contributed by atoms with Gasteiger partial charge >= 0.3 is 0 Å². The molecule has 1 saturated heterocycles. The lowest BCUT2D eigenvalue weighted by Gasteiger charge is -2.35. The third kappa shape index (κ3) is 3.22. The highest BCUT2D eigenvalue weighted by molar-refractivity contribution is 7.20. The molecular formula is C19H21N5OS. The van der Waals surface area contributed by atoms with Gasteiger partial charge in [-0.3, -0.25) is 4.79 Å². The number of carbonyl (C=O) groups excluding carboxylic acids is 1. The zero-order chi connectivity index (χ0) is 18.1. The zero-order valence-electron chi connectivity index (χ0n) is 14.9. The number of benzene rings is 1. The van der Waals surface area contributed by atoms with Crippen LogP contribution >= 0.6 is 11.3 Å². The Morgan fingerprint density at radius 3 is 2.62 bits per heavy atom. The van der Waals surface area contributed by atoms with Crippen molar-refractivity contribution in [1.29, 1.82) is 0 Å². The maximum atomic E-state index is 12.8. The molecule has 0 bridgehead atoms. The standard InChI is InChI=1S/C19H21N5OS/c1-22(2)15-12-18(21-20-13-15)23-7-9-24(10-8-23)19(25)17-11-14-5-3-4-6-16(14)26-17/h3-6,11-13H,7-10H2,1-2H3. The molecule has 0 N–H and O–H groups in total. The Morgan fingerprint density at radius 2 is 1.88 bits per heavy atom. The van der Waals surface area contributed by atoms with E-state index in [1.54, 1.807) is 17.5 Å². The number of aromatic nitrogens is 2. The van der Waals surface area contributed by atoms with E-state index in [-0.39, 0.29) is 5.91 Å². The molecule has 1 aromatic carbocycles. The highest BCUT2D eigenvalue weighted by Gasteiger charge is 2.24. The van der Waals surface area contributed by atoms with Crippen LogP contribution in [0.2, 0.25) is 0 Å².